The molecule has 3 aromatic heterocycles. The zero-order chi connectivity index (χ0) is 13.9. The van der Waals surface area contributed by atoms with Gasteiger partial charge in [0.2, 0.25) is 0 Å². The van der Waals surface area contributed by atoms with Gasteiger partial charge in [-0.25, -0.2) is 4.98 Å². The first-order valence-electron chi connectivity index (χ1n) is 6.46. The summed E-state index contributed by atoms with van der Waals surface area (Å²) in [5.74, 6) is 0. The summed E-state index contributed by atoms with van der Waals surface area (Å²) in [7, 11) is 0. The third-order valence-corrected chi connectivity index (χ3v) is 3.46. The third kappa shape index (κ3) is 2.81. The molecule has 4 nitrogen and oxygen atoms in total. The minimum atomic E-state index is 0.709. The molecule has 0 aromatic carbocycles. The van der Waals surface area contributed by atoms with Crippen LogP contribution in [0.4, 0.5) is 0 Å². The van der Waals surface area contributed by atoms with Gasteiger partial charge in [-0.3, -0.25) is 4.98 Å². The molecule has 0 unspecified atom stereocenters. The molecular formula is C15H15ClN4. The second-order valence-corrected chi connectivity index (χ2v) is 5.19. The van der Waals surface area contributed by atoms with Gasteiger partial charge in [-0.05, 0) is 36.2 Å². The molecule has 0 fully saturated rings. The Labute approximate surface area is 122 Å². The number of aryl methyl sites for hydroxylation is 1. The van der Waals surface area contributed by atoms with E-state index in [0.29, 0.717) is 11.6 Å². The Kier molecular flexibility index (Phi) is 3.67. The van der Waals surface area contributed by atoms with Gasteiger partial charge in [0, 0.05) is 37.9 Å². The molecule has 0 aliphatic carbocycles. The lowest BCUT2D eigenvalue weighted by atomic mass is 10.1. The highest BCUT2D eigenvalue weighted by atomic mass is 35.5. The molecule has 3 heterocycles. The molecule has 102 valence electrons. The second kappa shape index (κ2) is 5.61. The molecule has 3 rings (SSSR count). The lowest BCUT2D eigenvalue weighted by Gasteiger charge is -2.05. The van der Waals surface area contributed by atoms with Gasteiger partial charge in [0.15, 0.2) is 0 Å². The van der Waals surface area contributed by atoms with Crippen LogP contribution in [0.3, 0.4) is 0 Å². The third-order valence-electron chi connectivity index (χ3n) is 3.23. The van der Waals surface area contributed by atoms with Crippen molar-refractivity contribution in [2.45, 2.75) is 20.0 Å². The first-order chi connectivity index (χ1) is 9.72. The monoisotopic (exact) mass is 286 g/mol. The van der Waals surface area contributed by atoms with Crippen LogP contribution in [0, 0.1) is 6.92 Å². The zero-order valence-corrected chi connectivity index (χ0v) is 11.9. The maximum atomic E-state index is 5.96. The van der Waals surface area contributed by atoms with Crippen molar-refractivity contribution in [1.82, 2.24) is 19.7 Å². The van der Waals surface area contributed by atoms with Crippen molar-refractivity contribution in [2.24, 2.45) is 0 Å². The number of imidazole rings is 1. The van der Waals surface area contributed by atoms with E-state index < -0.39 is 0 Å². The molecule has 0 radical (unpaired) electrons. The fourth-order valence-electron chi connectivity index (χ4n) is 2.11. The first-order valence-corrected chi connectivity index (χ1v) is 6.83. The predicted octanol–water partition coefficient (Wildman–Crippen LogP) is 2.98. The Bertz CT molecular complexity index is 736. The molecule has 0 atom stereocenters. The number of rotatable bonds is 4. The highest BCUT2D eigenvalue weighted by Gasteiger charge is 2.02. The van der Waals surface area contributed by atoms with E-state index in [1.165, 1.54) is 11.1 Å². The summed E-state index contributed by atoms with van der Waals surface area (Å²) in [6.07, 6.45) is 7.55. The minimum Gasteiger partial charge on any atom is -0.307 e. The normalized spacial score (nSPS) is 11.1. The summed E-state index contributed by atoms with van der Waals surface area (Å²) >= 11 is 5.96. The van der Waals surface area contributed by atoms with E-state index in [2.05, 4.69) is 22.2 Å². The average Bonchev–Trinajstić information content (AvgIpc) is 2.83. The number of fused-ring (bicyclic) bond motifs is 1. The molecule has 3 aromatic rings. The van der Waals surface area contributed by atoms with E-state index >= 15 is 0 Å². The quantitative estimate of drug-likeness (QED) is 0.802. The van der Waals surface area contributed by atoms with Gasteiger partial charge in [0.1, 0.15) is 5.65 Å². The number of nitrogens with zero attached hydrogens (tertiary/aromatic N) is 3. The van der Waals surface area contributed by atoms with Crippen molar-refractivity contribution < 1.29 is 0 Å². The van der Waals surface area contributed by atoms with Crippen LogP contribution in [0.2, 0.25) is 5.02 Å². The van der Waals surface area contributed by atoms with Gasteiger partial charge in [0.05, 0.1) is 10.7 Å². The SMILES string of the molecule is Cc1ccncc1CNCc1cn2cc(Cl)ccc2n1. The van der Waals surface area contributed by atoms with Gasteiger partial charge < -0.3 is 9.72 Å². The Balaban J connectivity index is 1.67. The number of pyridine rings is 2. The lowest BCUT2D eigenvalue weighted by molar-refractivity contribution is 0.678. The molecule has 0 aliphatic heterocycles. The lowest BCUT2D eigenvalue weighted by Crippen LogP contribution is -2.13. The molecular weight excluding hydrogens is 272 g/mol. The van der Waals surface area contributed by atoms with E-state index in [9.17, 15) is 0 Å². The van der Waals surface area contributed by atoms with Crippen LogP contribution in [0.1, 0.15) is 16.8 Å². The molecule has 0 aliphatic rings. The summed E-state index contributed by atoms with van der Waals surface area (Å²) in [6, 6.07) is 5.78. The highest BCUT2D eigenvalue weighted by Crippen LogP contribution is 2.12. The average molecular weight is 287 g/mol. The minimum absolute atomic E-state index is 0.709. The summed E-state index contributed by atoms with van der Waals surface area (Å²) in [6.45, 7) is 3.59. The number of halogens is 1. The van der Waals surface area contributed by atoms with E-state index in [-0.39, 0.29) is 0 Å². The summed E-state index contributed by atoms with van der Waals surface area (Å²) in [4.78, 5) is 8.67. The number of hydrogen-bond acceptors (Lipinski definition) is 3. The predicted molar refractivity (Wildman–Crippen MR) is 79.7 cm³/mol. The fourth-order valence-corrected chi connectivity index (χ4v) is 2.28. The largest absolute Gasteiger partial charge is 0.307 e. The smallest absolute Gasteiger partial charge is 0.137 e. The van der Waals surface area contributed by atoms with Crippen LogP contribution < -0.4 is 5.32 Å². The van der Waals surface area contributed by atoms with Crippen molar-refractivity contribution in [3.8, 4) is 0 Å². The van der Waals surface area contributed by atoms with Crippen LogP contribution in [-0.2, 0) is 13.1 Å². The standard InChI is InChI=1S/C15H15ClN4/c1-11-4-5-17-6-12(11)7-18-8-14-10-20-9-13(16)2-3-15(20)19-14/h2-6,9-10,18H,7-8H2,1H3. The molecule has 0 amide bonds. The maximum absolute atomic E-state index is 5.96. The van der Waals surface area contributed by atoms with Crippen LogP contribution >= 0.6 is 11.6 Å². The van der Waals surface area contributed by atoms with Gasteiger partial charge in [-0.1, -0.05) is 11.6 Å². The molecule has 5 heteroatoms. The van der Waals surface area contributed by atoms with Gasteiger partial charge in [-0.15, -0.1) is 0 Å². The van der Waals surface area contributed by atoms with Crippen LogP contribution in [0.25, 0.3) is 5.65 Å². The number of hydrogen-bond donors (Lipinski definition) is 1. The van der Waals surface area contributed by atoms with Crippen molar-refractivity contribution in [3.05, 3.63) is 64.8 Å². The molecule has 20 heavy (non-hydrogen) atoms. The first kappa shape index (κ1) is 13.1. The number of nitrogens with one attached hydrogen (secondary N) is 1. The van der Waals surface area contributed by atoms with Crippen LogP contribution in [0.5, 0.6) is 0 Å². The Morgan fingerprint density at radius 3 is 2.95 bits per heavy atom. The van der Waals surface area contributed by atoms with E-state index in [0.717, 1.165) is 17.9 Å². The maximum Gasteiger partial charge on any atom is 0.137 e. The second-order valence-electron chi connectivity index (χ2n) is 4.75. The summed E-state index contributed by atoms with van der Waals surface area (Å²) in [5, 5.41) is 4.09. The van der Waals surface area contributed by atoms with Crippen LogP contribution in [0.15, 0.2) is 43.0 Å². The summed E-state index contributed by atoms with van der Waals surface area (Å²) < 4.78 is 1.94. The zero-order valence-electron chi connectivity index (χ0n) is 11.2. The van der Waals surface area contributed by atoms with E-state index in [1.54, 1.807) is 0 Å². The highest BCUT2D eigenvalue weighted by molar-refractivity contribution is 6.30. The van der Waals surface area contributed by atoms with Crippen LogP contribution in [-0.4, -0.2) is 14.4 Å². The van der Waals surface area contributed by atoms with Gasteiger partial charge in [-0.2, -0.15) is 0 Å². The molecule has 0 spiro atoms. The molecule has 0 saturated carbocycles. The van der Waals surface area contributed by atoms with Gasteiger partial charge in [0.25, 0.3) is 0 Å². The number of aromatic nitrogens is 3. The molecule has 0 bridgehead atoms. The van der Waals surface area contributed by atoms with E-state index in [4.69, 9.17) is 11.6 Å². The van der Waals surface area contributed by atoms with Crippen molar-refractivity contribution in [3.63, 3.8) is 0 Å². The van der Waals surface area contributed by atoms with Crippen molar-refractivity contribution >= 4 is 17.2 Å². The van der Waals surface area contributed by atoms with E-state index in [1.807, 2.05) is 47.4 Å². The fraction of sp³-hybridized carbons (Fsp3) is 0.200. The topological polar surface area (TPSA) is 42.2 Å². The van der Waals surface area contributed by atoms with Crippen molar-refractivity contribution in [2.75, 3.05) is 0 Å². The van der Waals surface area contributed by atoms with Gasteiger partial charge >= 0.3 is 0 Å². The van der Waals surface area contributed by atoms with Crippen molar-refractivity contribution in [1.29, 1.82) is 0 Å². The Morgan fingerprint density at radius 2 is 2.10 bits per heavy atom. The molecule has 0 saturated heterocycles. The Morgan fingerprint density at radius 1 is 1.20 bits per heavy atom. The molecule has 1 N–H and O–H groups in total. The Hall–Kier alpha value is -1.91. The summed E-state index contributed by atoms with van der Waals surface area (Å²) in [5.41, 5.74) is 4.35.